The summed E-state index contributed by atoms with van der Waals surface area (Å²) in [4.78, 5) is 22.1. The van der Waals surface area contributed by atoms with Gasteiger partial charge in [0.25, 0.3) is 5.91 Å². The molecule has 0 saturated heterocycles. The maximum Gasteiger partial charge on any atom is 0.273 e. The van der Waals surface area contributed by atoms with Crippen LogP contribution < -0.4 is 0 Å². The molecule has 2 aromatic heterocycles. The number of amides is 1. The molecule has 0 atom stereocenters. The maximum atomic E-state index is 13.2. The average Bonchev–Trinajstić information content (AvgIpc) is 3.43. The van der Waals surface area contributed by atoms with Gasteiger partial charge < -0.3 is 9.80 Å². The van der Waals surface area contributed by atoms with Crippen LogP contribution in [-0.4, -0.2) is 63.2 Å². The summed E-state index contributed by atoms with van der Waals surface area (Å²) in [6, 6.07) is 9.97. The Balaban J connectivity index is 1.74. The Morgan fingerprint density at radius 3 is 2.53 bits per heavy atom. The molecule has 0 fully saturated rings. The van der Waals surface area contributed by atoms with Gasteiger partial charge in [-0.1, -0.05) is 45.9 Å². The number of benzene rings is 1. The molecular weight excluding hydrogens is 394 g/mol. The quantitative estimate of drug-likeness (QED) is 0.482. The highest BCUT2D eigenvalue weighted by Crippen LogP contribution is 2.25. The first kappa shape index (κ1) is 22.2. The van der Waals surface area contributed by atoms with Gasteiger partial charge in [0.2, 0.25) is 0 Å². The fourth-order valence-electron chi connectivity index (χ4n) is 3.34. The van der Waals surface area contributed by atoms with Gasteiger partial charge in [0.15, 0.2) is 0 Å². The van der Waals surface area contributed by atoms with Crippen LogP contribution in [0.15, 0.2) is 48.1 Å². The van der Waals surface area contributed by atoms with Gasteiger partial charge in [0, 0.05) is 36.8 Å². The third kappa shape index (κ3) is 5.55. The van der Waals surface area contributed by atoms with E-state index in [2.05, 4.69) is 42.7 Å². The molecule has 7 heteroatoms. The summed E-state index contributed by atoms with van der Waals surface area (Å²) in [6.07, 6.45) is 3.75. The zero-order chi connectivity index (χ0) is 21.5. The normalized spacial score (nSPS) is 11.4. The molecule has 1 amide bonds. The summed E-state index contributed by atoms with van der Waals surface area (Å²) < 4.78 is 1.83. The highest BCUT2D eigenvalue weighted by Gasteiger charge is 2.21. The first-order valence-electron chi connectivity index (χ1n) is 10.6. The third-order valence-corrected chi connectivity index (χ3v) is 5.92. The van der Waals surface area contributed by atoms with Gasteiger partial charge in [-0.15, -0.1) is 11.3 Å². The van der Waals surface area contributed by atoms with Crippen LogP contribution in [0.3, 0.4) is 0 Å². The second kappa shape index (κ2) is 10.5. The Hall–Kier alpha value is -2.51. The number of carbonyl (C=O) groups is 1. The van der Waals surface area contributed by atoms with Crippen molar-refractivity contribution in [2.75, 3.05) is 32.7 Å². The van der Waals surface area contributed by atoms with Crippen LogP contribution in [0.4, 0.5) is 0 Å². The molecule has 0 saturated carbocycles. The number of carbonyl (C=O) groups excluding carboxylic acids is 1. The third-order valence-electron chi connectivity index (χ3n) is 5.03. The van der Waals surface area contributed by atoms with Crippen LogP contribution in [0.25, 0.3) is 16.3 Å². The number of para-hydroxylation sites is 1. The minimum atomic E-state index is 0.00815. The molecule has 0 aliphatic heterocycles. The highest BCUT2D eigenvalue weighted by atomic mass is 32.1. The van der Waals surface area contributed by atoms with E-state index in [4.69, 9.17) is 0 Å². The van der Waals surface area contributed by atoms with Crippen LogP contribution in [0.1, 0.15) is 38.2 Å². The van der Waals surface area contributed by atoms with E-state index < -0.39 is 0 Å². The zero-order valence-electron chi connectivity index (χ0n) is 18.3. The van der Waals surface area contributed by atoms with Gasteiger partial charge in [-0.25, -0.2) is 9.67 Å². The topological polar surface area (TPSA) is 54.3 Å². The maximum absolute atomic E-state index is 13.2. The van der Waals surface area contributed by atoms with Crippen LogP contribution in [0, 0.1) is 5.92 Å². The van der Waals surface area contributed by atoms with E-state index in [-0.39, 0.29) is 5.91 Å². The number of rotatable bonds is 10. The van der Waals surface area contributed by atoms with Crippen LogP contribution in [-0.2, 0) is 0 Å². The summed E-state index contributed by atoms with van der Waals surface area (Å²) in [7, 11) is 0. The van der Waals surface area contributed by atoms with Crippen LogP contribution >= 0.6 is 11.3 Å². The fraction of sp³-hybridized carbons (Fsp3) is 0.435. The van der Waals surface area contributed by atoms with E-state index in [0.29, 0.717) is 11.6 Å². The Labute approximate surface area is 183 Å². The second-order valence-corrected chi connectivity index (χ2v) is 8.58. The second-order valence-electron chi connectivity index (χ2n) is 7.72. The van der Waals surface area contributed by atoms with Gasteiger partial charge in [0.05, 0.1) is 11.9 Å². The minimum Gasteiger partial charge on any atom is -0.336 e. The van der Waals surface area contributed by atoms with Gasteiger partial charge in [-0.3, -0.25) is 4.79 Å². The van der Waals surface area contributed by atoms with Crippen LogP contribution in [0.2, 0.25) is 0 Å². The molecule has 0 N–H and O–H groups in total. The number of likely N-dealkylation sites (N-methyl/N-ethyl adjacent to an activating group) is 1. The van der Waals surface area contributed by atoms with Gasteiger partial charge >= 0.3 is 0 Å². The van der Waals surface area contributed by atoms with Gasteiger partial charge in [-0.2, -0.15) is 5.10 Å². The van der Waals surface area contributed by atoms with Gasteiger partial charge in [0.1, 0.15) is 10.7 Å². The smallest absolute Gasteiger partial charge is 0.273 e. The van der Waals surface area contributed by atoms with Crippen molar-refractivity contribution in [3.8, 4) is 16.3 Å². The Morgan fingerprint density at radius 1 is 1.13 bits per heavy atom. The summed E-state index contributed by atoms with van der Waals surface area (Å²) in [5.74, 6) is 0.418. The van der Waals surface area contributed by atoms with E-state index >= 15 is 0 Å². The summed E-state index contributed by atoms with van der Waals surface area (Å²) in [5, 5.41) is 7.12. The SMILES string of the molecule is CCN(CC)CCN(CC(C)C)C(=O)c1csc(-c2cnn(-c3ccccc3)c2)n1. The molecule has 0 aliphatic rings. The van der Waals surface area contributed by atoms with Crippen LogP contribution in [0.5, 0.6) is 0 Å². The molecule has 6 nitrogen and oxygen atoms in total. The number of aromatic nitrogens is 3. The van der Waals surface area contributed by atoms with E-state index in [9.17, 15) is 4.79 Å². The molecule has 1 aromatic carbocycles. The van der Waals surface area contributed by atoms with Gasteiger partial charge in [-0.05, 0) is 31.1 Å². The van der Waals surface area contributed by atoms with Crippen molar-refractivity contribution in [2.24, 2.45) is 5.92 Å². The van der Waals surface area contributed by atoms with Crippen molar-refractivity contribution in [1.82, 2.24) is 24.6 Å². The molecule has 3 aromatic rings. The molecule has 0 radical (unpaired) electrons. The monoisotopic (exact) mass is 425 g/mol. The number of thiazole rings is 1. The van der Waals surface area contributed by atoms with E-state index in [1.54, 1.807) is 6.20 Å². The first-order valence-corrected chi connectivity index (χ1v) is 11.5. The molecule has 2 heterocycles. The van der Waals surface area contributed by atoms with Crippen molar-refractivity contribution in [3.05, 3.63) is 53.8 Å². The fourth-order valence-corrected chi connectivity index (χ4v) is 4.11. The lowest BCUT2D eigenvalue weighted by Gasteiger charge is -2.27. The summed E-state index contributed by atoms with van der Waals surface area (Å²) >= 11 is 1.49. The lowest BCUT2D eigenvalue weighted by molar-refractivity contribution is 0.0711. The van der Waals surface area contributed by atoms with Crippen molar-refractivity contribution < 1.29 is 4.79 Å². The summed E-state index contributed by atoms with van der Waals surface area (Å²) in [6.45, 7) is 12.9. The van der Waals surface area contributed by atoms with Crippen molar-refractivity contribution in [3.63, 3.8) is 0 Å². The predicted octanol–water partition coefficient (Wildman–Crippen LogP) is 4.44. The standard InChI is InChI=1S/C23H31N5OS/c1-5-26(6-2)12-13-27(15-18(3)4)23(29)21-17-30-22(25-21)19-14-24-28(16-19)20-10-8-7-9-11-20/h7-11,14,16-18H,5-6,12-13,15H2,1-4H3. The molecular formula is C23H31N5OS. The Bertz CT molecular complexity index is 930. The van der Waals surface area contributed by atoms with Crippen molar-refractivity contribution in [2.45, 2.75) is 27.7 Å². The van der Waals surface area contributed by atoms with Crippen molar-refractivity contribution in [1.29, 1.82) is 0 Å². The molecule has 0 aliphatic carbocycles. The number of nitrogens with zero attached hydrogens (tertiary/aromatic N) is 5. The van der Waals surface area contributed by atoms with E-state index in [1.165, 1.54) is 11.3 Å². The largest absolute Gasteiger partial charge is 0.336 e. The Kier molecular flexibility index (Phi) is 7.76. The van der Waals surface area contributed by atoms with Crippen molar-refractivity contribution >= 4 is 17.2 Å². The highest BCUT2D eigenvalue weighted by molar-refractivity contribution is 7.13. The molecule has 30 heavy (non-hydrogen) atoms. The number of hydrogen-bond donors (Lipinski definition) is 0. The lowest BCUT2D eigenvalue weighted by atomic mass is 10.2. The molecule has 0 spiro atoms. The number of hydrogen-bond acceptors (Lipinski definition) is 5. The lowest BCUT2D eigenvalue weighted by Crippen LogP contribution is -2.40. The molecule has 0 unspecified atom stereocenters. The molecule has 3 rings (SSSR count). The average molecular weight is 426 g/mol. The first-order chi connectivity index (χ1) is 14.5. The minimum absolute atomic E-state index is 0.00815. The van der Waals surface area contributed by atoms with E-state index in [0.717, 1.165) is 49.0 Å². The Morgan fingerprint density at radius 2 is 1.87 bits per heavy atom. The summed E-state index contributed by atoms with van der Waals surface area (Å²) in [5.41, 5.74) is 2.43. The molecule has 160 valence electrons. The predicted molar refractivity (Wildman–Crippen MR) is 123 cm³/mol. The zero-order valence-corrected chi connectivity index (χ0v) is 19.1. The molecule has 0 bridgehead atoms. The van der Waals surface area contributed by atoms with E-state index in [1.807, 2.05) is 51.5 Å².